The van der Waals surface area contributed by atoms with Crippen LogP contribution in [-0.4, -0.2) is 24.3 Å². The summed E-state index contributed by atoms with van der Waals surface area (Å²) in [5.74, 6) is -0.169. The lowest BCUT2D eigenvalue weighted by Crippen LogP contribution is -2.02. The largest absolute Gasteiger partial charge is 0.489 e. The molecular formula is C29H40O4. The van der Waals surface area contributed by atoms with Crippen molar-refractivity contribution < 1.29 is 19.4 Å². The first-order valence-corrected chi connectivity index (χ1v) is 11.6. The average Bonchev–Trinajstić information content (AvgIpc) is 2.72. The Labute approximate surface area is 200 Å². The topological polar surface area (TPSA) is 55.8 Å². The Morgan fingerprint density at radius 1 is 0.818 bits per heavy atom. The van der Waals surface area contributed by atoms with Gasteiger partial charge in [0.25, 0.3) is 0 Å². The highest BCUT2D eigenvalue weighted by molar-refractivity contribution is 5.89. The van der Waals surface area contributed by atoms with Gasteiger partial charge in [-0.3, -0.25) is 0 Å². The molecule has 4 heteroatoms. The first kappa shape index (κ1) is 28.0. The van der Waals surface area contributed by atoms with Gasteiger partial charge in [-0.2, -0.15) is 0 Å². The predicted molar refractivity (Wildman–Crippen MR) is 138 cm³/mol. The molecule has 0 amide bonds. The fourth-order valence-electron chi connectivity index (χ4n) is 3.03. The van der Waals surface area contributed by atoms with Crippen molar-refractivity contribution in [1.29, 1.82) is 0 Å². The molecular weight excluding hydrogens is 412 g/mol. The number of aliphatic carboxylic acids is 1. The summed E-state index contributed by atoms with van der Waals surface area (Å²) in [5, 5.41) is 9.35. The van der Waals surface area contributed by atoms with E-state index in [1.807, 2.05) is 30.3 Å². The highest BCUT2D eigenvalue weighted by atomic mass is 16.5. The van der Waals surface area contributed by atoms with Crippen LogP contribution in [0.4, 0.5) is 0 Å². The highest BCUT2D eigenvalue weighted by Gasteiger charge is 2.12. The molecule has 180 valence electrons. The van der Waals surface area contributed by atoms with Crippen molar-refractivity contribution in [2.75, 3.05) is 13.2 Å². The molecule has 0 heterocycles. The van der Waals surface area contributed by atoms with Crippen LogP contribution in [0.15, 0.2) is 76.9 Å². The summed E-state index contributed by atoms with van der Waals surface area (Å²) in [4.78, 5) is 11.4. The SMILES string of the molecule is CC(C)=CCC/C(C)=C\CO/C(=C/C(=O)O)c1ccccc1OC/C=C(\C)CCC=C(C)C. The maximum atomic E-state index is 11.4. The molecule has 33 heavy (non-hydrogen) atoms. The average molecular weight is 453 g/mol. The number of carboxylic acids is 1. The van der Waals surface area contributed by atoms with Gasteiger partial charge in [-0.05, 0) is 91.5 Å². The number of ether oxygens (including phenoxy) is 2. The third-order valence-electron chi connectivity index (χ3n) is 4.93. The summed E-state index contributed by atoms with van der Waals surface area (Å²) in [6.07, 6.45) is 13.5. The molecule has 0 saturated carbocycles. The van der Waals surface area contributed by atoms with Crippen molar-refractivity contribution in [3.8, 4) is 5.75 Å². The van der Waals surface area contributed by atoms with Crippen LogP contribution in [0.25, 0.3) is 5.76 Å². The van der Waals surface area contributed by atoms with Gasteiger partial charge < -0.3 is 14.6 Å². The Hall–Kier alpha value is -3.01. The summed E-state index contributed by atoms with van der Waals surface area (Å²) in [5.41, 5.74) is 5.73. The first-order chi connectivity index (χ1) is 15.7. The maximum Gasteiger partial charge on any atom is 0.332 e. The molecule has 0 aromatic heterocycles. The van der Waals surface area contributed by atoms with Gasteiger partial charge in [0, 0.05) is 0 Å². The minimum atomic E-state index is -1.06. The van der Waals surface area contributed by atoms with Crippen molar-refractivity contribution in [1.82, 2.24) is 0 Å². The molecule has 0 atom stereocenters. The summed E-state index contributed by atoms with van der Waals surface area (Å²) in [6, 6.07) is 7.38. The Morgan fingerprint density at radius 3 is 1.91 bits per heavy atom. The van der Waals surface area contributed by atoms with Crippen molar-refractivity contribution >= 4 is 11.7 Å². The van der Waals surface area contributed by atoms with Crippen molar-refractivity contribution in [2.45, 2.75) is 67.2 Å². The standard InChI is InChI=1S/C29H40O4/c1-22(2)11-9-13-24(5)17-19-32-27-16-8-7-15-26(27)28(21-29(30)31)33-20-18-25(6)14-10-12-23(3)4/h7-8,11-12,15-18,21H,9-10,13-14,19-20H2,1-6H3,(H,30,31)/b24-17+,25-18-,28-21+. The lowest BCUT2D eigenvalue weighted by Gasteiger charge is -2.14. The number of benzene rings is 1. The quantitative estimate of drug-likeness (QED) is 0.177. The van der Waals surface area contributed by atoms with Crippen molar-refractivity contribution in [3.05, 3.63) is 82.5 Å². The molecule has 0 aliphatic rings. The molecule has 4 nitrogen and oxygen atoms in total. The van der Waals surface area contributed by atoms with E-state index in [-0.39, 0.29) is 5.76 Å². The molecule has 1 rings (SSSR count). The van der Waals surface area contributed by atoms with Crippen LogP contribution in [0.2, 0.25) is 0 Å². The van der Waals surface area contributed by atoms with Crippen LogP contribution in [0.1, 0.15) is 72.8 Å². The Morgan fingerprint density at radius 2 is 1.36 bits per heavy atom. The number of carbonyl (C=O) groups is 1. The van der Waals surface area contributed by atoms with E-state index >= 15 is 0 Å². The molecule has 0 bridgehead atoms. The van der Waals surface area contributed by atoms with Crippen LogP contribution in [-0.2, 0) is 9.53 Å². The number of allylic oxidation sites excluding steroid dienone is 6. The third-order valence-corrected chi connectivity index (χ3v) is 4.93. The van der Waals surface area contributed by atoms with E-state index in [9.17, 15) is 9.90 Å². The molecule has 1 N–H and O–H groups in total. The molecule has 0 saturated heterocycles. The fraction of sp³-hybridized carbons (Fsp3) is 0.414. The van der Waals surface area contributed by atoms with Gasteiger partial charge in [-0.15, -0.1) is 0 Å². The van der Waals surface area contributed by atoms with E-state index in [4.69, 9.17) is 9.47 Å². The van der Waals surface area contributed by atoms with Crippen molar-refractivity contribution in [3.63, 3.8) is 0 Å². The zero-order valence-electron chi connectivity index (χ0n) is 21.1. The van der Waals surface area contributed by atoms with Gasteiger partial charge in [0.15, 0.2) is 0 Å². The zero-order chi connectivity index (χ0) is 24.6. The number of rotatable bonds is 14. The monoisotopic (exact) mass is 452 g/mol. The third kappa shape index (κ3) is 13.2. The van der Waals surface area contributed by atoms with Crippen LogP contribution in [0.5, 0.6) is 5.75 Å². The zero-order valence-corrected chi connectivity index (χ0v) is 21.1. The van der Waals surface area contributed by atoms with E-state index < -0.39 is 5.97 Å². The van der Waals surface area contributed by atoms with Crippen LogP contribution in [0, 0.1) is 0 Å². The molecule has 0 aliphatic heterocycles. The van der Waals surface area contributed by atoms with Crippen molar-refractivity contribution in [2.24, 2.45) is 0 Å². The molecule has 1 aromatic rings. The van der Waals surface area contributed by atoms with Gasteiger partial charge >= 0.3 is 5.97 Å². The lowest BCUT2D eigenvalue weighted by molar-refractivity contribution is -0.131. The number of para-hydroxylation sites is 1. The van der Waals surface area contributed by atoms with E-state index in [0.29, 0.717) is 24.5 Å². The summed E-state index contributed by atoms with van der Waals surface area (Å²) < 4.78 is 11.8. The van der Waals surface area contributed by atoms with Crippen LogP contribution in [0.3, 0.4) is 0 Å². The van der Waals surface area contributed by atoms with Crippen LogP contribution >= 0.6 is 0 Å². The van der Waals surface area contributed by atoms with E-state index in [1.54, 1.807) is 0 Å². The second kappa shape index (κ2) is 15.7. The lowest BCUT2D eigenvalue weighted by atomic mass is 10.1. The normalized spacial score (nSPS) is 12.2. The summed E-state index contributed by atoms with van der Waals surface area (Å²) in [6.45, 7) is 13.3. The molecule has 1 aromatic carbocycles. The minimum Gasteiger partial charge on any atom is -0.489 e. The van der Waals surface area contributed by atoms with Crippen LogP contribution < -0.4 is 4.74 Å². The number of hydrogen-bond donors (Lipinski definition) is 1. The summed E-state index contributed by atoms with van der Waals surface area (Å²) in [7, 11) is 0. The molecule has 0 spiro atoms. The van der Waals surface area contributed by atoms with E-state index in [2.05, 4.69) is 59.8 Å². The second-order valence-corrected chi connectivity index (χ2v) is 8.71. The smallest absolute Gasteiger partial charge is 0.332 e. The first-order valence-electron chi connectivity index (χ1n) is 11.6. The Kier molecular flexibility index (Phi) is 13.4. The number of carboxylic acid groups (broad SMARTS) is 1. The fourth-order valence-corrected chi connectivity index (χ4v) is 3.03. The van der Waals surface area contributed by atoms with Gasteiger partial charge in [-0.25, -0.2) is 4.79 Å². The molecule has 0 aliphatic carbocycles. The number of hydrogen-bond acceptors (Lipinski definition) is 3. The van der Waals surface area contributed by atoms with E-state index in [1.165, 1.54) is 22.3 Å². The minimum absolute atomic E-state index is 0.288. The molecule has 0 unspecified atom stereocenters. The maximum absolute atomic E-state index is 11.4. The second-order valence-electron chi connectivity index (χ2n) is 8.71. The van der Waals surface area contributed by atoms with Gasteiger partial charge in [0.1, 0.15) is 24.7 Å². The predicted octanol–water partition coefficient (Wildman–Crippen LogP) is 7.89. The Balaban J connectivity index is 2.84. The Bertz CT molecular complexity index is 905. The molecule has 0 fully saturated rings. The van der Waals surface area contributed by atoms with Gasteiger partial charge in [0.2, 0.25) is 0 Å². The highest BCUT2D eigenvalue weighted by Crippen LogP contribution is 2.27. The molecule has 0 radical (unpaired) electrons. The van der Waals surface area contributed by atoms with Gasteiger partial charge in [0.05, 0.1) is 11.6 Å². The summed E-state index contributed by atoms with van der Waals surface area (Å²) >= 11 is 0. The van der Waals surface area contributed by atoms with E-state index in [0.717, 1.165) is 31.8 Å². The van der Waals surface area contributed by atoms with Gasteiger partial charge in [-0.1, -0.05) is 46.6 Å².